The quantitative estimate of drug-likeness (QED) is 0.448. The SMILES string of the molecule is COc1cc([C@@H](C(=O)N2CCCC[C@H]2C(=O)OC2(C)CCCC2)C2CCCCC2)cc(C)c1OC. The number of aryl methyl sites for hydroxylation is 1. The van der Waals surface area contributed by atoms with Crippen LogP contribution in [0.5, 0.6) is 11.5 Å². The number of methoxy groups -OCH3 is 2. The first-order valence-corrected chi connectivity index (χ1v) is 13.6. The molecule has 0 radical (unpaired) electrons. The smallest absolute Gasteiger partial charge is 0.329 e. The summed E-state index contributed by atoms with van der Waals surface area (Å²) in [5, 5.41) is 0. The van der Waals surface area contributed by atoms with Crippen LogP contribution in [-0.2, 0) is 14.3 Å². The second kappa shape index (κ2) is 11.2. The maximum absolute atomic E-state index is 14.3. The summed E-state index contributed by atoms with van der Waals surface area (Å²) in [5.74, 6) is 1.19. The summed E-state index contributed by atoms with van der Waals surface area (Å²) in [6.07, 6.45) is 12.1. The molecule has 6 heteroatoms. The molecule has 2 saturated carbocycles. The molecule has 4 rings (SSSR count). The zero-order chi connectivity index (χ0) is 25.0. The van der Waals surface area contributed by atoms with E-state index in [1.54, 1.807) is 14.2 Å². The van der Waals surface area contributed by atoms with Crippen molar-refractivity contribution in [2.75, 3.05) is 20.8 Å². The number of nitrogens with zero attached hydrogens (tertiary/aromatic N) is 1. The van der Waals surface area contributed by atoms with Crippen molar-refractivity contribution in [2.24, 2.45) is 5.92 Å². The molecular weight excluding hydrogens is 442 g/mol. The molecule has 1 heterocycles. The van der Waals surface area contributed by atoms with Gasteiger partial charge >= 0.3 is 5.97 Å². The van der Waals surface area contributed by atoms with Crippen molar-refractivity contribution in [3.05, 3.63) is 23.3 Å². The molecule has 1 amide bonds. The number of amides is 1. The van der Waals surface area contributed by atoms with Crippen LogP contribution in [0.3, 0.4) is 0 Å². The van der Waals surface area contributed by atoms with Crippen LogP contribution in [-0.4, -0.2) is 49.2 Å². The molecule has 0 bridgehead atoms. The minimum Gasteiger partial charge on any atom is -0.493 e. The molecular formula is C29H43NO5. The number of hydrogen-bond donors (Lipinski definition) is 0. The van der Waals surface area contributed by atoms with Crippen LogP contribution in [0.25, 0.3) is 0 Å². The lowest BCUT2D eigenvalue weighted by Crippen LogP contribution is -2.52. The third-order valence-electron chi connectivity index (χ3n) is 8.50. The molecule has 35 heavy (non-hydrogen) atoms. The molecule has 1 aromatic rings. The van der Waals surface area contributed by atoms with E-state index in [1.807, 2.05) is 24.8 Å². The number of carbonyl (C=O) groups is 2. The summed E-state index contributed by atoms with van der Waals surface area (Å²) >= 11 is 0. The normalized spacial score (nSPS) is 23.5. The fourth-order valence-corrected chi connectivity index (χ4v) is 6.60. The summed E-state index contributed by atoms with van der Waals surface area (Å²) in [5.41, 5.74) is 1.55. The Balaban J connectivity index is 1.65. The Bertz CT molecular complexity index is 901. The van der Waals surface area contributed by atoms with E-state index in [0.29, 0.717) is 24.5 Å². The number of esters is 1. The molecule has 194 valence electrons. The van der Waals surface area contributed by atoms with Crippen molar-refractivity contribution in [3.8, 4) is 11.5 Å². The van der Waals surface area contributed by atoms with Gasteiger partial charge in [-0.1, -0.05) is 25.3 Å². The van der Waals surface area contributed by atoms with Crippen molar-refractivity contribution in [1.29, 1.82) is 0 Å². The summed E-state index contributed by atoms with van der Waals surface area (Å²) in [6.45, 7) is 4.66. The standard InChI is InChI=1S/C29H43NO5/c1-20-18-22(19-24(33-3)26(20)34-4)25(21-12-6-5-7-13-21)27(31)30-17-11-8-14-23(30)28(32)35-29(2)15-9-10-16-29/h18-19,21,23,25H,5-17H2,1-4H3/t23-,25-/m0/s1. The highest BCUT2D eigenvalue weighted by Gasteiger charge is 2.42. The van der Waals surface area contributed by atoms with Crippen molar-refractivity contribution in [1.82, 2.24) is 4.90 Å². The predicted molar refractivity (Wildman–Crippen MR) is 136 cm³/mol. The van der Waals surface area contributed by atoms with Crippen molar-refractivity contribution >= 4 is 11.9 Å². The second-order valence-corrected chi connectivity index (χ2v) is 11.1. The molecule has 1 saturated heterocycles. The highest BCUT2D eigenvalue weighted by atomic mass is 16.6. The molecule has 0 N–H and O–H groups in total. The summed E-state index contributed by atoms with van der Waals surface area (Å²) in [4.78, 5) is 29.6. The van der Waals surface area contributed by atoms with Gasteiger partial charge in [-0.25, -0.2) is 4.79 Å². The van der Waals surface area contributed by atoms with Gasteiger partial charge < -0.3 is 19.1 Å². The van der Waals surface area contributed by atoms with E-state index in [9.17, 15) is 9.59 Å². The van der Waals surface area contributed by atoms with Gasteiger partial charge in [0.05, 0.1) is 20.1 Å². The van der Waals surface area contributed by atoms with E-state index < -0.39 is 6.04 Å². The number of carbonyl (C=O) groups excluding carboxylic acids is 2. The van der Waals surface area contributed by atoms with Crippen LogP contribution in [0.15, 0.2) is 12.1 Å². The van der Waals surface area contributed by atoms with Crippen molar-refractivity contribution < 1.29 is 23.8 Å². The number of rotatable bonds is 7. The fourth-order valence-electron chi connectivity index (χ4n) is 6.60. The lowest BCUT2D eigenvalue weighted by atomic mass is 9.75. The number of likely N-dealkylation sites (tertiary alicyclic amines) is 1. The van der Waals surface area contributed by atoms with Gasteiger partial charge in [0.25, 0.3) is 0 Å². The van der Waals surface area contributed by atoms with E-state index in [-0.39, 0.29) is 29.3 Å². The van der Waals surface area contributed by atoms with E-state index in [4.69, 9.17) is 14.2 Å². The minimum atomic E-state index is -0.485. The Labute approximate surface area is 210 Å². The van der Waals surface area contributed by atoms with Crippen LogP contribution in [0, 0.1) is 12.8 Å². The maximum atomic E-state index is 14.3. The van der Waals surface area contributed by atoms with Crippen LogP contribution in [0.1, 0.15) is 101 Å². The largest absolute Gasteiger partial charge is 0.493 e. The van der Waals surface area contributed by atoms with E-state index in [1.165, 1.54) is 6.42 Å². The van der Waals surface area contributed by atoms with Crippen LogP contribution < -0.4 is 9.47 Å². The number of hydrogen-bond acceptors (Lipinski definition) is 5. The molecule has 0 spiro atoms. The van der Waals surface area contributed by atoms with E-state index in [2.05, 4.69) is 6.07 Å². The average molecular weight is 486 g/mol. The van der Waals surface area contributed by atoms with Gasteiger partial charge in [0.2, 0.25) is 5.91 Å². The molecule has 3 aliphatic rings. The predicted octanol–water partition coefficient (Wildman–Crippen LogP) is 5.93. The fraction of sp³-hybridized carbons (Fsp3) is 0.724. The third kappa shape index (κ3) is 5.62. The van der Waals surface area contributed by atoms with Crippen LogP contribution in [0.4, 0.5) is 0 Å². The molecule has 0 aromatic heterocycles. The van der Waals surface area contributed by atoms with Crippen molar-refractivity contribution in [3.63, 3.8) is 0 Å². The zero-order valence-electron chi connectivity index (χ0n) is 22.1. The number of ether oxygens (including phenoxy) is 3. The highest BCUT2D eigenvalue weighted by Crippen LogP contribution is 2.42. The first-order valence-electron chi connectivity index (χ1n) is 13.6. The Kier molecular flexibility index (Phi) is 8.28. The lowest BCUT2D eigenvalue weighted by molar-refractivity contribution is -0.169. The van der Waals surface area contributed by atoms with E-state index in [0.717, 1.165) is 75.3 Å². The van der Waals surface area contributed by atoms with Gasteiger partial charge in [0, 0.05) is 6.54 Å². The zero-order valence-corrected chi connectivity index (χ0v) is 22.1. The Hall–Kier alpha value is -2.24. The van der Waals surface area contributed by atoms with Crippen LogP contribution >= 0.6 is 0 Å². The second-order valence-electron chi connectivity index (χ2n) is 11.1. The lowest BCUT2D eigenvalue weighted by Gasteiger charge is -2.40. The molecule has 1 aromatic carbocycles. The van der Waals surface area contributed by atoms with Gasteiger partial charge in [-0.05, 0) is 94.7 Å². The molecule has 6 nitrogen and oxygen atoms in total. The first kappa shape index (κ1) is 25.8. The number of piperidine rings is 1. The Morgan fingerprint density at radius 3 is 2.29 bits per heavy atom. The third-order valence-corrected chi connectivity index (χ3v) is 8.50. The van der Waals surface area contributed by atoms with Gasteiger partial charge in [-0.2, -0.15) is 0 Å². The Morgan fingerprint density at radius 2 is 1.63 bits per heavy atom. The van der Waals surface area contributed by atoms with E-state index >= 15 is 0 Å². The van der Waals surface area contributed by atoms with Gasteiger partial charge in [-0.15, -0.1) is 0 Å². The van der Waals surface area contributed by atoms with Gasteiger partial charge in [0.15, 0.2) is 11.5 Å². The minimum absolute atomic E-state index is 0.0711. The highest BCUT2D eigenvalue weighted by molar-refractivity contribution is 5.89. The monoisotopic (exact) mass is 485 g/mol. The number of benzene rings is 1. The first-order chi connectivity index (χ1) is 16.9. The Morgan fingerprint density at radius 1 is 0.943 bits per heavy atom. The topological polar surface area (TPSA) is 65.1 Å². The van der Waals surface area contributed by atoms with Gasteiger partial charge in [-0.3, -0.25) is 4.79 Å². The average Bonchev–Trinajstić information content (AvgIpc) is 3.30. The molecule has 2 aliphatic carbocycles. The summed E-state index contributed by atoms with van der Waals surface area (Å²) in [6, 6.07) is 3.57. The van der Waals surface area contributed by atoms with Crippen LogP contribution in [0.2, 0.25) is 0 Å². The summed E-state index contributed by atoms with van der Waals surface area (Å²) < 4.78 is 17.3. The molecule has 3 fully saturated rings. The molecule has 1 aliphatic heterocycles. The molecule has 2 atom stereocenters. The van der Waals surface area contributed by atoms with Gasteiger partial charge in [0.1, 0.15) is 11.6 Å². The van der Waals surface area contributed by atoms with Crippen molar-refractivity contribution in [2.45, 2.75) is 108 Å². The summed E-state index contributed by atoms with van der Waals surface area (Å²) in [7, 11) is 3.28. The maximum Gasteiger partial charge on any atom is 0.329 e. The molecule has 0 unspecified atom stereocenters.